The molecular weight excluding hydrogens is 326 g/mol. The zero-order chi connectivity index (χ0) is 17.4. The van der Waals surface area contributed by atoms with E-state index in [0.717, 1.165) is 5.69 Å². The third-order valence-electron chi connectivity index (χ3n) is 3.30. The molecule has 0 fully saturated rings. The first kappa shape index (κ1) is 17.8. The number of sulfone groups is 1. The summed E-state index contributed by atoms with van der Waals surface area (Å²) in [6.45, 7) is 0.328. The van der Waals surface area contributed by atoms with E-state index >= 15 is 0 Å². The highest BCUT2D eigenvalue weighted by Crippen LogP contribution is 2.16. The maximum absolute atomic E-state index is 12.1. The third-order valence-corrected chi connectivity index (χ3v) is 5.11. The molecule has 2 rings (SSSR count). The molecule has 0 aromatic heterocycles. The van der Waals surface area contributed by atoms with Gasteiger partial charge < -0.3 is 15.8 Å². The van der Waals surface area contributed by atoms with E-state index in [4.69, 9.17) is 10.5 Å². The van der Waals surface area contributed by atoms with Crippen LogP contribution in [-0.4, -0.2) is 33.8 Å². The molecule has 0 unspecified atom stereocenters. The number of guanidine groups is 1. The van der Waals surface area contributed by atoms with Gasteiger partial charge in [0.15, 0.2) is 15.8 Å². The van der Waals surface area contributed by atoms with Crippen LogP contribution in [0.2, 0.25) is 0 Å². The van der Waals surface area contributed by atoms with Gasteiger partial charge in [0.25, 0.3) is 0 Å². The molecule has 0 heterocycles. The molecule has 2 aromatic rings. The van der Waals surface area contributed by atoms with Crippen molar-refractivity contribution in [3.8, 4) is 5.75 Å². The molecule has 0 atom stereocenters. The molecule has 24 heavy (non-hydrogen) atoms. The highest BCUT2D eigenvalue weighted by atomic mass is 32.2. The van der Waals surface area contributed by atoms with Crippen molar-refractivity contribution in [2.45, 2.75) is 11.3 Å². The Morgan fingerprint density at radius 3 is 2.62 bits per heavy atom. The van der Waals surface area contributed by atoms with Crippen LogP contribution in [0.5, 0.6) is 5.75 Å². The number of rotatable bonds is 7. The number of anilines is 1. The van der Waals surface area contributed by atoms with Crippen LogP contribution >= 0.6 is 0 Å². The second kappa shape index (κ2) is 8.35. The largest absolute Gasteiger partial charge is 0.497 e. The predicted octanol–water partition coefficient (Wildman–Crippen LogP) is 2.29. The minimum Gasteiger partial charge on any atom is -0.497 e. The van der Waals surface area contributed by atoms with Crippen molar-refractivity contribution in [3.05, 3.63) is 54.6 Å². The van der Waals surface area contributed by atoms with Crippen molar-refractivity contribution in [2.24, 2.45) is 10.7 Å². The average molecular weight is 347 g/mol. The second-order valence-corrected chi connectivity index (χ2v) is 7.22. The molecule has 0 saturated carbocycles. The summed E-state index contributed by atoms with van der Waals surface area (Å²) >= 11 is 0. The number of nitrogens with one attached hydrogen (secondary N) is 1. The van der Waals surface area contributed by atoms with Crippen LogP contribution in [0.25, 0.3) is 0 Å². The molecule has 128 valence electrons. The van der Waals surface area contributed by atoms with Crippen molar-refractivity contribution in [1.29, 1.82) is 0 Å². The molecule has 0 aliphatic carbocycles. The summed E-state index contributed by atoms with van der Waals surface area (Å²) in [5.41, 5.74) is 6.56. The van der Waals surface area contributed by atoms with E-state index in [9.17, 15) is 8.42 Å². The highest BCUT2D eigenvalue weighted by molar-refractivity contribution is 7.91. The standard InChI is InChI=1S/C17H21N3O3S/c1-23-15-8-5-7-14(13-15)20-17(18)19-11-6-12-24(21,22)16-9-3-2-4-10-16/h2-5,7-10,13H,6,11-12H2,1H3,(H3,18,19,20). The first-order chi connectivity index (χ1) is 11.5. The molecule has 0 bridgehead atoms. The Morgan fingerprint density at radius 2 is 1.92 bits per heavy atom. The summed E-state index contributed by atoms with van der Waals surface area (Å²) in [5, 5.41) is 2.94. The number of methoxy groups -OCH3 is 1. The Balaban J connectivity index is 1.85. The van der Waals surface area contributed by atoms with Gasteiger partial charge in [0.05, 0.1) is 17.8 Å². The van der Waals surface area contributed by atoms with E-state index in [0.29, 0.717) is 23.6 Å². The molecule has 0 aliphatic heterocycles. The van der Waals surface area contributed by atoms with Crippen molar-refractivity contribution in [2.75, 3.05) is 24.7 Å². The van der Waals surface area contributed by atoms with Gasteiger partial charge in [0.1, 0.15) is 5.75 Å². The molecule has 0 amide bonds. The van der Waals surface area contributed by atoms with Crippen LogP contribution in [0.15, 0.2) is 64.5 Å². The van der Waals surface area contributed by atoms with Crippen molar-refractivity contribution < 1.29 is 13.2 Å². The van der Waals surface area contributed by atoms with Crippen LogP contribution in [0.4, 0.5) is 5.69 Å². The first-order valence-corrected chi connectivity index (χ1v) is 9.15. The first-order valence-electron chi connectivity index (χ1n) is 7.50. The lowest BCUT2D eigenvalue weighted by atomic mass is 10.3. The summed E-state index contributed by atoms with van der Waals surface area (Å²) in [6.07, 6.45) is 0.401. The topological polar surface area (TPSA) is 93.8 Å². The molecule has 0 saturated heterocycles. The van der Waals surface area contributed by atoms with E-state index in [1.165, 1.54) is 0 Å². The van der Waals surface area contributed by atoms with Gasteiger partial charge in [-0.3, -0.25) is 4.99 Å². The van der Waals surface area contributed by atoms with E-state index in [-0.39, 0.29) is 11.7 Å². The minimum atomic E-state index is -3.27. The van der Waals surface area contributed by atoms with Crippen LogP contribution in [0.1, 0.15) is 6.42 Å². The van der Waals surface area contributed by atoms with Crippen LogP contribution < -0.4 is 15.8 Å². The lowest BCUT2D eigenvalue weighted by molar-refractivity contribution is 0.415. The summed E-state index contributed by atoms with van der Waals surface area (Å²) in [5.74, 6) is 0.981. The van der Waals surface area contributed by atoms with Gasteiger partial charge in [0.2, 0.25) is 0 Å². The fraction of sp³-hybridized carbons (Fsp3) is 0.235. The second-order valence-electron chi connectivity index (χ2n) is 5.11. The summed E-state index contributed by atoms with van der Waals surface area (Å²) < 4.78 is 29.4. The van der Waals surface area contributed by atoms with Crippen molar-refractivity contribution in [1.82, 2.24) is 0 Å². The van der Waals surface area contributed by atoms with E-state index in [1.807, 2.05) is 18.2 Å². The van der Waals surface area contributed by atoms with Gasteiger partial charge in [0, 0.05) is 18.3 Å². The predicted molar refractivity (Wildman–Crippen MR) is 96.2 cm³/mol. The van der Waals surface area contributed by atoms with Gasteiger partial charge in [-0.15, -0.1) is 0 Å². The number of aliphatic imine (C=N–C) groups is 1. The smallest absolute Gasteiger partial charge is 0.193 e. The Labute approximate surface area is 142 Å². The number of hydrogen-bond donors (Lipinski definition) is 2. The molecule has 0 spiro atoms. The van der Waals surface area contributed by atoms with Crippen LogP contribution in [0.3, 0.4) is 0 Å². The quantitative estimate of drug-likeness (QED) is 0.455. The van der Waals surface area contributed by atoms with Crippen LogP contribution in [-0.2, 0) is 9.84 Å². The van der Waals surface area contributed by atoms with Gasteiger partial charge in [-0.2, -0.15) is 0 Å². The minimum absolute atomic E-state index is 0.0347. The maximum Gasteiger partial charge on any atom is 0.193 e. The number of nitrogens with zero attached hydrogens (tertiary/aromatic N) is 1. The van der Waals surface area contributed by atoms with E-state index in [2.05, 4.69) is 10.3 Å². The number of nitrogens with two attached hydrogens (primary N) is 1. The summed E-state index contributed by atoms with van der Waals surface area (Å²) in [7, 11) is -1.69. The van der Waals surface area contributed by atoms with Crippen molar-refractivity contribution >= 4 is 21.5 Å². The fourth-order valence-corrected chi connectivity index (χ4v) is 3.40. The molecule has 2 aromatic carbocycles. The van der Waals surface area contributed by atoms with Gasteiger partial charge >= 0.3 is 0 Å². The highest BCUT2D eigenvalue weighted by Gasteiger charge is 2.12. The van der Waals surface area contributed by atoms with Crippen LogP contribution in [0, 0.1) is 0 Å². The molecular formula is C17H21N3O3S. The zero-order valence-corrected chi connectivity index (χ0v) is 14.3. The van der Waals surface area contributed by atoms with E-state index < -0.39 is 9.84 Å². The maximum atomic E-state index is 12.1. The summed E-state index contributed by atoms with van der Waals surface area (Å²) in [4.78, 5) is 4.48. The third kappa shape index (κ3) is 5.27. The fourth-order valence-electron chi connectivity index (χ4n) is 2.09. The molecule has 3 N–H and O–H groups in total. The van der Waals surface area contributed by atoms with Gasteiger partial charge in [-0.25, -0.2) is 8.42 Å². The number of ether oxygens (including phenoxy) is 1. The lowest BCUT2D eigenvalue weighted by Gasteiger charge is -2.07. The lowest BCUT2D eigenvalue weighted by Crippen LogP contribution is -2.23. The Bertz CT molecular complexity index is 790. The molecule has 0 aliphatic rings. The number of benzene rings is 2. The Kier molecular flexibility index (Phi) is 6.20. The normalized spacial score (nSPS) is 12.0. The zero-order valence-electron chi connectivity index (χ0n) is 13.5. The molecule has 0 radical (unpaired) electrons. The van der Waals surface area contributed by atoms with Gasteiger partial charge in [-0.1, -0.05) is 24.3 Å². The summed E-state index contributed by atoms with van der Waals surface area (Å²) in [6, 6.07) is 15.7. The average Bonchev–Trinajstić information content (AvgIpc) is 2.60. The molecule has 6 nitrogen and oxygen atoms in total. The monoisotopic (exact) mass is 347 g/mol. The van der Waals surface area contributed by atoms with E-state index in [1.54, 1.807) is 43.5 Å². The SMILES string of the molecule is COc1cccc(NC(N)=NCCCS(=O)(=O)c2ccccc2)c1. The number of hydrogen-bond acceptors (Lipinski definition) is 4. The van der Waals surface area contributed by atoms with Gasteiger partial charge in [-0.05, 0) is 30.7 Å². The Morgan fingerprint density at radius 1 is 1.17 bits per heavy atom. The Hall–Kier alpha value is -2.54. The molecule has 7 heteroatoms. The van der Waals surface area contributed by atoms with Crippen molar-refractivity contribution in [3.63, 3.8) is 0 Å².